The van der Waals surface area contributed by atoms with Crippen molar-refractivity contribution >= 4 is 24.2 Å². The molecule has 1 aromatic heterocycles. The number of H-pyrrole nitrogens is 1. The van der Waals surface area contributed by atoms with E-state index in [0.29, 0.717) is 16.9 Å². The van der Waals surface area contributed by atoms with E-state index in [4.69, 9.17) is 17.5 Å². The van der Waals surface area contributed by atoms with Gasteiger partial charge in [-0.1, -0.05) is 12.1 Å². The fourth-order valence-electron chi connectivity index (χ4n) is 3.10. The normalized spacial score (nSPS) is 17.6. The van der Waals surface area contributed by atoms with Crippen LogP contribution >= 0.6 is 12.2 Å². The molecule has 0 spiro atoms. The molecule has 1 aromatic carbocycles. The van der Waals surface area contributed by atoms with E-state index in [2.05, 4.69) is 16.3 Å². The molecule has 0 aliphatic carbocycles. The molecular formula is C18H19N5OS. The van der Waals surface area contributed by atoms with Crippen LogP contribution in [0.1, 0.15) is 35.7 Å². The maximum atomic E-state index is 12.5. The summed E-state index contributed by atoms with van der Waals surface area (Å²) in [6.45, 7) is 1.38. The first kappa shape index (κ1) is 17.1. The molecule has 1 N–H and O–H groups in total. The standard InChI is InChI=1S/C18H19N5OS/c1-22-17(20-21-18(22)25)15-6-3-9-23(12-15)16(24)8-7-13-4-2-5-14(10-13)11-19/h2,4-5,7-8,10,15H,3,6,9,12H2,1H3,(H,21,25)/b8-7+. The maximum absolute atomic E-state index is 12.5. The first-order valence-electron chi connectivity index (χ1n) is 8.17. The topological polar surface area (TPSA) is 77.7 Å². The zero-order chi connectivity index (χ0) is 17.8. The van der Waals surface area contributed by atoms with Gasteiger partial charge in [0, 0.05) is 32.1 Å². The number of carbonyl (C=O) groups is 1. The predicted molar refractivity (Wildman–Crippen MR) is 97.1 cm³/mol. The van der Waals surface area contributed by atoms with E-state index in [9.17, 15) is 4.79 Å². The Morgan fingerprint density at radius 1 is 1.52 bits per heavy atom. The minimum Gasteiger partial charge on any atom is -0.338 e. The van der Waals surface area contributed by atoms with Gasteiger partial charge in [0.25, 0.3) is 0 Å². The molecule has 1 saturated heterocycles. The molecular weight excluding hydrogens is 334 g/mol. The summed E-state index contributed by atoms with van der Waals surface area (Å²) < 4.78 is 2.47. The summed E-state index contributed by atoms with van der Waals surface area (Å²) in [4.78, 5) is 14.4. The van der Waals surface area contributed by atoms with Crippen LogP contribution in [-0.2, 0) is 11.8 Å². The summed E-state index contributed by atoms with van der Waals surface area (Å²) in [6, 6.07) is 9.29. The number of carbonyl (C=O) groups excluding carboxylic acids is 1. The van der Waals surface area contributed by atoms with E-state index < -0.39 is 0 Å². The van der Waals surface area contributed by atoms with Crippen molar-refractivity contribution < 1.29 is 4.79 Å². The molecule has 0 bridgehead atoms. The van der Waals surface area contributed by atoms with E-state index in [-0.39, 0.29) is 11.8 Å². The van der Waals surface area contributed by atoms with Crippen molar-refractivity contribution in [3.8, 4) is 6.07 Å². The lowest BCUT2D eigenvalue weighted by atomic mass is 9.97. The van der Waals surface area contributed by atoms with Gasteiger partial charge in [-0.05, 0) is 48.8 Å². The summed E-state index contributed by atoms with van der Waals surface area (Å²) in [5, 5.41) is 16.1. The Kier molecular flexibility index (Phi) is 5.10. The highest BCUT2D eigenvalue weighted by Gasteiger charge is 2.26. The van der Waals surface area contributed by atoms with E-state index >= 15 is 0 Å². The monoisotopic (exact) mass is 353 g/mol. The second-order valence-corrected chi connectivity index (χ2v) is 6.53. The molecule has 7 heteroatoms. The zero-order valence-corrected chi connectivity index (χ0v) is 14.8. The van der Waals surface area contributed by atoms with Gasteiger partial charge >= 0.3 is 0 Å². The summed E-state index contributed by atoms with van der Waals surface area (Å²) in [5.41, 5.74) is 1.42. The van der Waals surface area contributed by atoms with Crippen LogP contribution in [0, 0.1) is 16.1 Å². The number of nitriles is 1. The number of likely N-dealkylation sites (tertiary alicyclic amines) is 1. The zero-order valence-electron chi connectivity index (χ0n) is 14.0. The molecule has 2 aromatic rings. The third-order valence-electron chi connectivity index (χ3n) is 4.45. The van der Waals surface area contributed by atoms with Gasteiger partial charge in [0.2, 0.25) is 5.91 Å². The van der Waals surface area contributed by atoms with Crippen molar-refractivity contribution in [1.82, 2.24) is 19.7 Å². The Bertz CT molecular complexity index is 905. The Hall–Kier alpha value is -2.72. The van der Waals surface area contributed by atoms with Crippen molar-refractivity contribution in [3.05, 3.63) is 52.1 Å². The number of hydrogen-bond acceptors (Lipinski definition) is 4. The second-order valence-electron chi connectivity index (χ2n) is 6.14. The molecule has 128 valence electrons. The molecule has 2 heterocycles. The third-order valence-corrected chi connectivity index (χ3v) is 4.81. The third kappa shape index (κ3) is 3.86. The van der Waals surface area contributed by atoms with Crippen LogP contribution in [0.3, 0.4) is 0 Å². The first-order valence-corrected chi connectivity index (χ1v) is 8.58. The molecule has 6 nitrogen and oxygen atoms in total. The van der Waals surface area contributed by atoms with Gasteiger partial charge in [0.05, 0.1) is 11.6 Å². The Balaban J connectivity index is 1.69. The smallest absolute Gasteiger partial charge is 0.246 e. The lowest BCUT2D eigenvalue weighted by Crippen LogP contribution is -2.38. The van der Waals surface area contributed by atoms with E-state index in [1.165, 1.54) is 0 Å². The average Bonchev–Trinajstić information content (AvgIpc) is 2.99. The van der Waals surface area contributed by atoms with Gasteiger partial charge in [0.1, 0.15) is 5.82 Å². The van der Waals surface area contributed by atoms with E-state index in [0.717, 1.165) is 30.8 Å². The SMILES string of the molecule is Cn1c(C2CCCN(C(=O)/C=C/c3cccc(C#N)c3)C2)n[nH]c1=S. The highest BCUT2D eigenvalue weighted by atomic mass is 32.1. The van der Waals surface area contributed by atoms with Gasteiger partial charge in [-0.25, -0.2) is 0 Å². The molecule has 25 heavy (non-hydrogen) atoms. The quantitative estimate of drug-likeness (QED) is 0.680. The molecule has 1 atom stereocenters. The number of aromatic nitrogens is 3. The molecule has 1 fully saturated rings. The van der Waals surface area contributed by atoms with Crippen molar-refractivity contribution in [3.63, 3.8) is 0 Å². The van der Waals surface area contributed by atoms with Gasteiger partial charge in [-0.15, -0.1) is 0 Å². The number of aromatic amines is 1. The summed E-state index contributed by atoms with van der Waals surface area (Å²) in [5.74, 6) is 1.06. The van der Waals surface area contributed by atoms with Crippen molar-refractivity contribution in [1.29, 1.82) is 5.26 Å². The summed E-state index contributed by atoms with van der Waals surface area (Å²) in [7, 11) is 1.89. The van der Waals surface area contributed by atoms with Crippen LogP contribution in [0.4, 0.5) is 0 Å². The Morgan fingerprint density at radius 3 is 3.08 bits per heavy atom. The molecule has 0 saturated carbocycles. The highest BCUT2D eigenvalue weighted by molar-refractivity contribution is 7.71. The molecule has 1 unspecified atom stereocenters. The number of hydrogen-bond donors (Lipinski definition) is 1. The number of benzene rings is 1. The molecule has 1 aliphatic heterocycles. The Labute approximate surface area is 151 Å². The lowest BCUT2D eigenvalue weighted by Gasteiger charge is -2.31. The largest absolute Gasteiger partial charge is 0.338 e. The number of piperidine rings is 1. The fourth-order valence-corrected chi connectivity index (χ4v) is 3.24. The number of rotatable bonds is 3. The van der Waals surface area contributed by atoms with Crippen LogP contribution in [0.25, 0.3) is 6.08 Å². The second kappa shape index (κ2) is 7.45. The van der Waals surface area contributed by atoms with Crippen LogP contribution in [0.5, 0.6) is 0 Å². The van der Waals surface area contributed by atoms with Gasteiger partial charge in [0.15, 0.2) is 4.77 Å². The molecule has 1 aliphatic rings. The van der Waals surface area contributed by atoms with Gasteiger partial charge in [-0.2, -0.15) is 10.4 Å². The minimum atomic E-state index is -0.0242. The Morgan fingerprint density at radius 2 is 2.36 bits per heavy atom. The molecule has 3 rings (SSSR count). The molecule has 1 amide bonds. The number of nitrogens with one attached hydrogen (secondary N) is 1. The number of amides is 1. The number of nitrogens with zero attached hydrogens (tertiary/aromatic N) is 4. The fraction of sp³-hybridized carbons (Fsp3) is 0.333. The minimum absolute atomic E-state index is 0.0242. The first-order chi connectivity index (χ1) is 12.1. The highest BCUT2D eigenvalue weighted by Crippen LogP contribution is 2.25. The summed E-state index contributed by atoms with van der Waals surface area (Å²) in [6.07, 6.45) is 5.25. The molecule has 0 radical (unpaired) electrons. The van der Waals surface area contributed by atoms with Crippen molar-refractivity contribution in [2.45, 2.75) is 18.8 Å². The van der Waals surface area contributed by atoms with Crippen LogP contribution < -0.4 is 0 Å². The van der Waals surface area contributed by atoms with Crippen LogP contribution in [0.2, 0.25) is 0 Å². The maximum Gasteiger partial charge on any atom is 0.246 e. The van der Waals surface area contributed by atoms with Crippen LogP contribution in [0.15, 0.2) is 30.3 Å². The van der Waals surface area contributed by atoms with Crippen molar-refractivity contribution in [2.24, 2.45) is 7.05 Å². The predicted octanol–water partition coefficient (Wildman–Crippen LogP) is 2.77. The van der Waals surface area contributed by atoms with Crippen molar-refractivity contribution in [2.75, 3.05) is 13.1 Å². The lowest BCUT2D eigenvalue weighted by molar-refractivity contribution is -0.127. The van der Waals surface area contributed by atoms with E-state index in [1.54, 1.807) is 24.3 Å². The van der Waals surface area contributed by atoms with Gasteiger partial charge in [-0.3, -0.25) is 9.89 Å². The summed E-state index contributed by atoms with van der Waals surface area (Å²) >= 11 is 5.17. The van der Waals surface area contributed by atoms with Crippen LogP contribution in [-0.4, -0.2) is 38.7 Å². The van der Waals surface area contributed by atoms with E-state index in [1.807, 2.05) is 28.6 Å². The average molecular weight is 353 g/mol. The van der Waals surface area contributed by atoms with Gasteiger partial charge < -0.3 is 9.47 Å².